The van der Waals surface area contributed by atoms with Crippen molar-refractivity contribution in [1.82, 2.24) is 5.32 Å². The van der Waals surface area contributed by atoms with Crippen molar-refractivity contribution in [3.63, 3.8) is 0 Å². The molecule has 0 aliphatic carbocycles. The van der Waals surface area contributed by atoms with Gasteiger partial charge in [0.05, 0.1) is 6.61 Å². The molecule has 2 nitrogen and oxygen atoms in total. The molecule has 2 rings (SSSR count). The fourth-order valence-corrected chi connectivity index (χ4v) is 2.24. The molecule has 0 amide bonds. The number of benzene rings is 1. The van der Waals surface area contributed by atoms with Crippen molar-refractivity contribution >= 4 is 0 Å². The Morgan fingerprint density at radius 1 is 1.40 bits per heavy atom. The van der Waals surface area contributed by atoms with Gasteiger partial charge in [-0.05, 0) is 25.5 Å². The number of rotatable bonds is 2. The molecular formula is C13H19NO. The molecule has 1 N–H and O–H groups in total. The van der Waals surface area contributed by atoms with Crippen molar-refractivity contribution in [2.75, 3.05) is 6.61 Å². The summed E-state index contributed by atoms with van der Waals surface area (Å²) in [5.74, 6) is 1.59. The molecule has 1 aromatic rings. The average molecular weight is 205 g/mol. The molecule has 0 radical (unpaired) electrons. The zero-order chi connectivity index (χ0) is 10.8. The standard InChI is InChI=1S/C13H19NO/c1-4-15-12-7-5-6-11-8-14-10(3)9(2)13(11)12/h5-7,9-10,14H,4,8H2,1-3H3. The minimum atomic E-state index is 0.525. The van der Waals surface area contributed by atoms with Gasteiger partial charge in [-0.15, -0.1) is 0 Å². The van der Waals surface area contributed by atoms with Crippen molar-refractivity contribution in [3.8, 4) is 5.75 Å². The first kappa shape index (κ1) is 10.5. The molecule has 1 heterocycles. The zero-order valence-corrected chi connectivity index (χ0v) is 9.71. The monoisotopic (exact) mass is 205 g/mol. The molecule has 0 saturated heterocycles. The zero-order valence-electron chi connectivity index (χ0n) is 9.71. The van der Waals surface area contributed by atoms with E-state index in [-0.39, 0.29) is 0 Å². The van der Waals surface area contributed by atoms with E-state index in [1.54, 1.807) is 0 Å². The van der Waals surface area contributed by atoms with Gasteiger partial charge in [-0.1, -0.05) is 19.1 Å². The van der Waals surface area contributed by atoms with E-state index < -0.39 is 0 Å². The predicted molar refractivity (Wildman–Crippen MR) is 62.3 cm³/mol. The fourth-order valence-electron chi connectivity index (χ4n) is 2.24. The Balaban J connectivity index is 2.42. The maximum Gasteiger partial charge on any atom is 0.123 e. The van der Waals surface area contributed by atoms with Gasteiger partial charge in [-0.2, -0.15) is 0 Å². The summed E-state index contributed by atoms with van der Waals surface area (Å²) in [5.41, 5.74) is 2.78. The molecule has 0 aromatic heterocycles. The lowest BCUT2D eigenvalue weighted by molar-refractivity contribution is 0.326. The quantitative estimate of drug-likeness (QED) is 0.801. The molecule has 0 spiro atoms. The summed E-state index contributed by atoms with van der Waals surface area (Å²) < 4.78 is 5.70. The Morgan fingerprint density at radius 2 is 2.20 bits per heavy atom. The van der Waals surface area contributed by atoms with Gasteiger partial charge in [0.1, 0.15) is 5.75 Å². The van der Waals surface area contributed by atoms with Gasteiger partial charge in [0.2, 0.25) is 0 Å². The SMILES string of the molecule is CCOc1cccc2c1C(C)C(C)NC2. The Hall–Kier alpha value is -1.02. The third kappa shape index (κ3) is 1.86. The summed E-state index contributed by atoms with van der Waals surface area (Å²) in [6.07, 6.45) is 0. The molecule has 82 valence electrons. The molecule has 1 aromatic carbocycles. The van der Waals surface area contributed by atoms with Crippen LogP contribution in [-0.4, -0.2) is 12.6 Å². The third-order valence-corrected chi connectivity index (χ3v) is 3.28. The molecule has 0 fully saturated rings. The van der Waals surface area contributed by atoms with Gasteiger partial charge in [-0.3, -0.25) is 0 Å². The number of hydrogen-bond donors (Lipinski definition) is 1. The number of nitrogens with one attached hydrogen (secondary N) is 1. The molecule has 2 heteroatoms. The maximum absolute atomic E-state index is 5.70. The van der Waals surface area contributed by atoms with Crippen molar-refractivity contribution in [2.24, 2.45) is 0 Å². The van der Waals surface area contributed by atoms with Gasteiger partial charge in [0.25, 0.3) is 0 Å². The minimum absolute atomic E-state index is 0.525. The summed E-state index contributed by atoms with van der Waals surface area (Å²) in [4.78, 5) is 0. The lowest BCUT2D eigenvalue weighted by atomic mass is 9.86. The van der Waals surface area contributed by atoms with E-state index >= 15 is 0 Å². The highest BCUT2D eigenvalue weighted by Gasteiger charge is 2.25. The Labute approximate surface area is 91.6 Å². The van der Waals surface area contributed by atoms with Gasteiger partial charge in [0.15, 0.2) is 0 Å². The Bertz CT molecular complexity index is 348. The fraction of sp³-hybridized carbons (Fsp3) is 0.538. The van der Waals surface area contributed by atoms with E-state index in [4.69, 9.17) is 4.74 Å². The summed E-state index contributed by atoms with van der Waals surface area (Å²) in [6.45, 7) is 8.23. The van der Waals surface area contributed by atoms with Crippen LogP contribution in [0, 0.1) is 0 Å². The Morgan fingerprint density at radius 3 is 2.93 bits per heavy atom. The van der Waals surface area contributed by atoms with E-state index in [0.717, 1.165) is 18.9 Å². The lowest BCUT2D eigenvalue weighted by Gasteiger charge is -2.31. The highest BCUT2D eigenvalue weighted by molar-refractivity contribution is 5.44. The van der Waals surface area contributed by atoms with Crippen LogP contribution in [-0.2, 0) is 6.54 Å². The smallest absolute Gasteiger partial charge is 0.123 e. The van der Waals surface area contributed by atoms with Gasteiger partial charge in [-0.25, -0.2) is 0 Å². The molecule has 0 bridgehead atoms. The molecule has 1 aliphatic heterocycles. The molecular weight excluding hydrogens is 186 g/mol. The predicted octanol–water partition coefficient (Wildman–Crippen LogP) is 2.68. The topological polar surface area (TPSA) is 21.3 Å². The van der Waals surface area contributed by atoms with E-state index in [1.807, 2.05) is 6.92 Å². The first-order valence-corrected chi connectivity index (χ1v) is 5.72. The van der Waals surface area contributed by atoms with Crippen LogP contribution in [0.1, 0.15) is 37.8 Å². The molecule has 1 aliphatic rings. The third-order valence-electron chi connectivity index (χ3n) is 3.28. The normalized spacial score (nSPS) is 24.7. The highest BCUT2D eigenvalue weighted by atomic mass is 16.5. The first-order valence-electron chi connectivity index (χ1n) is 5.72. The van der Waals surface area contributed by atoms with Gasteiger partial charge < -0.3 is 10.1 Å². The van der Waals surface area contributed by atoms with Crippen LogP contribution in [0.15, 0.2) is 18.2 Å². The van der Waals surface area contributed by atoms with E-state index in [1.165, 1.54) is 11.1 Å². The van der Waals surface area contributed by atoms with Crippen molar-refractivity contribution in [2.45, 2.75) is 39.3 Å². The largest absolute Gasteiger partial charge is 0.494 e. The summed E-state index contributed by atoms with van der Waals surface area (Å²) in [7, 11) is 0. The van der Waals surface area contributed by atoms with Crippen LogP contribution in [0.5, 0.6) is 5.75 Å². The molecule has 0 saturated carbocycles. The van der Waals surface area contributed by atoms with Crippen LogP contribution in [0.4, 0.5) is 0 Å². The summed E-state index contributed by atoms with van der Waals surface area (Å²) in [6, 6.07) is 6.87. The summed E-state index contributed by atoms with van der Waals surface area (Å²) in [5, 5.41) is 3.50. The van der Waals surface area contributed by atoms with Crippen LogP contribution >= 0.6 is 0 Å². The summed E-state index contributed by atoms with van der Waals surface area (Å²) >= 11 is 0. The lowest BCUT2D eigenvalue weighted by Crippen LogP contribution is -2.36. The second-order valence-corrected chi connectivity index (χ2v) is 4.22. The second kappa shape index (κ2) is 4.23. The maximum atomic E-state index is 5.70. The first-order chi connectivity index (χ1) is 7.24. The molecule has 2 unspecified atom stereocenters. The van der Waals surface area contributed by atoms with Gasteiger partial charge >= 0.3 is 0 Å². The Kier molecular flexibility index (Phi) is 2.96. The number of fused-ring (bicyclic) bond motifs is 1. The van der Waals surface area contributed by atoms with Crippen LogP contribution < -0.4 is 10.1 Å². The van der Waals surface area contributed by atoms with Crippen molar-refractivity contribution in [1.29, 1.82) is 0 Å². The minimum Gasteiger partial charge on any atom is -0.494 e. The van der Waals surface area contributed by atoms with E-state index in [0.29, 0.717) is 12.0 Å². The molecule has 2 atom stereocenters. The van der Waals surface area contributed by atoms with E-state index in [2.05, 4.69) is 37.4 Å². The van der Waals surface area contributed by atoms with Crippen molar-refractivity contribution < 1.29 is 4.74 Å². The highest BCUT2D eigenvalue weighted by Crippen LogP contribution is 2.35. The second-order valence-electron chi connectivity index (χ2n) is 4.22. The van der Waals surface area contributed by atoms with Crippen LogP contribution in [0.25, 0.3) is 0 Å². The average Bonchev–Trinajstić information content (AvgIpc) is 2.24. The number of ether oxygens (including phenoxy) is 1. The van der Waals surface area contributed by atoms with E-state index in [9.17, 15) is 0 Å². The van der Waals surface area contributed by atoms with Crippen molar-refractivity contribution in [3.05, 3.63) is 29.3 Å². The van der Waals surface area contributed by atoms with Crippen LogP contribution in [0.2, 0.25) is 0 Å². The molecule has 15 heavy (non-hydrogen) atoms. The number of hydrogen-bond acceptors (Lipinski definition) is 2. The van der Waals surface area contributed by atoms with Crippen LogP contribution in [0.3, 0.4) is 0 Å². The van der Waals surface area contributed by atoms with Gasteiger partial charge in [0, 0.05) is 24.1 Å².